The van der Waals surface area contributed by atoms with Gasteiger partial charge in [0, 0.05) is 112 Å². The van der Waals surface area contributed by atoms with Gasteiger partial charge in [0.25, 0.3) is 0 Å². The second kappa shape index (κ2) is 34.2. The Morgan fingerprint density at radius 1 is 0.138 bits per heavy atom. The number of thiophene rings is 2. The molecular formula is C125H75N9O2S2. The summed E-state index contributed by atoms with van der Waals surface area (Å²) in [5.74, 6) is 5.75. The van der Waals surface area contributed by atoms with Crippen LogP contribution in [0.5, 0.6) is 0 Å². The molecule has 7 heterocycles. The molecule has 644 valence electrons. The number of hydrogen-bond donors (Lipinski definition) is 0. The summed E-state index contributed by atoms with van der Waals surface area (Å²) in [5.41, 5.74) is 18.9. The minimum atomic E-state index is 0.608. The Hall–Kier alpha value is -18.0. The normalized spacial score (nSPS) is 11.6. The van der Waals surface area contributed by atoms with E-state index in [9.17, 15) is 0 Å². The highest BCUT2D eigenvalue weighted by molar-refractivity contribution is 7.26. The van der Waals surface area contributed by atoms with Gasteiger partial charge in [0.05, 0.1) is 0 Å². The topological polar surface area (TPSA) is 142 Å². The Kier molecular flexibility index (Phi) is 20.0. The maximum absolute atomic E-state index is 6.39. The number of hydrogen-bond acceptors (Lipinski definition) is 13. The highest BCUT2D eigenvalue weighted by atomic mass is 32.1. The molecule has 0 atom stereocenters. The van der Waals surface area contributed by atoms with E-state index in [0.29, 0.717) is 52.4 Å². The average Bonchev–Trinajstić information content (AvgIpc) is 1.64. The molecule has 28 rings (SSSR count). The van der Waals surface area contributed by atoms with E-state index >= 15 is 0 Å². The van der Waals surface area contributed by atoms with E-state index in [1.54, 1.807) is 22.7 Å². The van der Waals surface area contributed by atoms with Gasteiger partial charge in [-0.25, -0.2) is 44.9 Å². The average molecular weight is 1800 g/mol. The van der Waals surface area contributed by atoms with Gasteiger partial charge in [-0.2, -0.15) is 0 Å². The van der Waals surface area contributed by atoms with E-state index in [2.05, 4.69) is 388 Å². The molecule has 0 fully saturated rings. The highest BCUT2D eigenvalue weighted by Crippen LogP contribution is 2.45. The molecule has 0 unspecified atom stereocenters. The van der Waals surface area contributed by atoms with Gasteiger partial charge in [-0.05, 0) is 166 Å². The Balaban J connectivity index is 0.000000107. The van der Waals surface area contributed by atoms with Crippen molar-refractivity contribution in [2.75, 3.05) is 0 Å². The molecule has 0 aliphatic rings. The Morgan fingerprint density at radius 2 is 0.442 bits per heavy atom. The van der Waals surface area contributed by atoms with Gasteiger partial charge in [0.2, 0.25) is 0 Å². The first-order valence-corrected chi connectivity index (χ1v) is 47.6. The first-order valence-electron chi connectivity index (χ1n) is 46.0. The molecule has 21 aromatic carbocycles. The number of rotatable bonds is 12. The summed E-state index contributed by atoms with van der Waals surface area (Å²) in [7, 11) is 0. The van der Waals surface area contributed by atoms with Crippen molar-refractivity contribution >= 4 is 161 Å². The number of fused-ring (bicyclic) bond motifs is 17. The predicted molar refractivity (Wildman–Crippen MR) is 573 cm³/mol. The van der Waals surface area contributed by atoms with Crippen molar-refractivity contribution in [2.24, 2.45) is 0 Å². The van der Waals surface area contributed by atoms with Crippen LogP contribution in [0.3, 0.4) is 0 Å². The van der Waals surface area contributed by atoms with Gasteiger partial charge in [0.1, 0.15) is 22.3 Å². The Labute approximate surface area is 799 Å². The second-order valence-electron chi connectivity index (χ2n) is 34.5. The van der Waals surface area contributed by atoms with E-state index in [0.717, 1.165) is 143 Å². The van der Waals surface area contributed by atoms with Gasteiger partial charge in [-0.1, -0.05) is 376 Å². The largest absolute Gasteiger partial charge is 0.456 e. The zero-order chi connectivity index (χ0) is 91.1. The molecule has 0 N–H and O–H groups in total. The number of furan rings is 2. The molecule has 0 radical (unpaired) electrons. The summed E-state index contributed by atoms with van der Waals surface area (Å²) >= 11 is 3.61. The van der Waals surface area contributed by atoms with Crippen molar-refractivity contribution in [1.29, 1.82) is 0 Å². The first-order chi connectivity index (χ1) is 68.3. The zero-order valence-corrected chi connectivity index (χ0v) is 75.6. The van der Waals surface area contributed by atoms with Crippen LogP contribution in [0.2, 0.25) is 0 Å². The molecule has 0 saturated heterocycles. The lowest BCUT2D eigenvalue weighted by molar-refractivity contribution is 0.669. The minimum absolute atomic E-state index is 0.608. The van der Waals surface area contributed by atoms with Crippen LogP contribution >= 0.6 is 22.7 Å². The third-order valence-electron chi connectivity index (χ3n) is 26.2. The van der Waals surface area contributed by atoms with Gasteiger partial charge in [0.15, 0.2) is 52.4 Å². The standard InChI is InChI=1S/C43H25N3S2.2C41H25N3O/c1-2-10-31-26(8-1)9-7-13-32(31)27-16-18-28(19-17-27)41-44-42(29-20-22-35-33-11-3-5-14-37(33)47-39(35)24-29)46-43(45-41)30-21-23-36-34-12-4-6-15-38(34)48-40(36)25-30;1-3-12-26(13-4-1)30-22-23-33(32-19-10-9-18-31(30)32)40-42-39(27-14-5-2-6-15-27)43-41(44-40)34-20-11-21-36-38(34)35-24-28-16-7-8-17-29(28)25-37(35)45-36;1-2-9-26(10-3-1)27-17-19-29(20-18-27)39-42-40(44-41(43-39)34-16-8-14-28-11-6-7-15-33(28)34)32-21-22-37-35(24-32)36-23-30-12-4-5-13-31(30)25-38(36)45-37/h1-25H;2*1-25H. The molecule has 13 heteroatoms. The molecule has 0 amide bonds. The molecule has 28 aromatic rings. The quantitative estimate of drug-likeness (QED) is 0.115. The van der Waals surface area contributed by atoms with Crippen LogP contribution in [-0.2, 0) is 0 Å². The van der Waals surface area contributed by atoms with Crippen molar-refractivity contribution in [1.82, 2.24) is 44.9 Å². The van der Waals surface area contributed by atoms with Crippen LogP contribution < -0.4 is 0 Å². The lowest BCUT2D eigenvalue weighted by Crippen LogP contribution is -2.01. The highest BCUT2D eigenvalue weighted by Gasteiger charge is 2.24. The summed E-state index contributed by atoms with van der Waals surface area (Å²) in [6.45, 7) is 0. The van der Waals surface area contributed by atoms with Crippen LogP contribution in [0.25, 0.3) is 274 Å². The van der Waals surface area contributed by atoms with E-state index in [1.165, 1.54) is 78.8 Å². The van der Waals surface area contributed by atoms with Crippen LogP contribution in [0, 0.1) is 0 Å². The number of benzene rings is 21. The third-order valence-corrected chi connectivity index (χ3v) is 28.5. The van der Waals surface area contributed by atoms with Crippen molar-refractivity contribution in [3.05, 3.63) is 455 Å². The maximum Gasteiger partial charge on any atom is 0.164 e. The lowest BCUT2D eigenvalue weighted by Gasteiger charge is -2.13. The summed E-state index contributed by atoms with van der Waals surface area (Å²) in [4.78, 5) is 45.8. The van der Waals surface area contributed by atoms with Crippen LogP contribution in [-0.4, -0.2) is 44.9 Å². The molecular weight excluding hydrogens is 1720 g/mol. The third kappa shape index (κ3) is 14.9. The molecule has 138 heavy (non-hydrogen) atoms. The predicted octanol–water partition coefficient (Wildman–Crippen LogP) is 33.9. The fourth-order valence-electron chi connectivity index (χ4n) is 19.4. The van der Waals surface area contributed by atoms with Gasteiger partial charge >= 0.3 is 0 Å². The van der Waals surface area contributed by atoms with Crippen LogP contribution in [0.1, 0.15) is 0 Å². The summed E-state index contributed by atoms with van der Waals surface area (Å²) < 4.78 is 17.7. The van der Waals surface area contributed by atoms with Crippen molar-refractivity contribution in [3.63, 3.8) is 0 Å². The molecule has 11 nitrogen and oxygen atoms in total. The molecule has 0 spiro atoms. The molecule has 0 aliphatic carbocycles. The number of aromatic nitrogens is 9. The molecule has 0 saturated carbocycles. The van der Waals surface area contributed by atoms with Crippen molar-refractivity contribution in [3.8, 4) is 136 Å². The monoisotopic (exact) mass is 1800 g/mol. The van der Waals surface area contributed by atoms with Crippen LogP contribution in [0.15, 0.2) is 464 Å². The van der Waals surface area contributed by atoms with E-state index in [1.807, 2.05) is 66.7 Å². The smallest absolute Gasteiger partial charge is 0.164 e. The van der Waals surface area contributed by atoms with Crippen molar-refractivity contribution in [2.45, 2.75) is 0 Å². The van der Waals surface area contributed by atoms with E-state index in [-0.39, 0.29) is 0 Å². The van der Waals surface area contributed by atoms with Gasteiger partial charge in [-0.15, -0.1) is 22.7 Å². The molecule has 0 bridgehead atoms. The summed E-state index contributed by atoms with van der Waals surface area (Å²) in [5, 5.41) is 20.8. The van der Waals surface area contributed by atoms with Gasteiger partial charge in [-0.3, -0.25) is 0 Å². The minimum Gasteiger partial charge on any atom is -0.456 e. The van der Waals surface area contributed by atoms with Crippen molar-refractivity contribution < 1.29 is 8.83 Å². The summed E-state index contributed by atoms with van der Waals surface area (Å²) in [6, 6.07) is 158. The summed E-state index contributed by atoms with van der Waals surface area (Å²) in [6.07, 6.45) is 0. The first kappa shape index (κ1) is 80.8. The zero-order valence-electron chi connectivity index (χ0n) is 74.0. The van der Waals surface area contributed by atoms with E-state index < -0.39 is 0 Å². The Morgan fingerprint density at radius 3 is 1.00 bits per heavy atom. The van der Waals surface area contributed by atoms with Crippen LogP contribution in [0.4, 0.5) is 0 Å². The Bertz CT molecular complexity index is 9540. The second-order valence-corrected chi connectivity index (χ2v) is 36.7. The SMILES string of the molecule is c1ccc(-c2ccc(-c3nc(-c4ccc5oc6cc7ccccc7cc6c5c4)nc(-c4cccc5ccccc45)n3)cc2)cc1.c1ccc(-c2nc(-c3ccc(-c4ccccc4)c4ccccc34)nc(-c3cccc4oc5cc6ccccc6cc5c34)n2)cc1.c1ccc2c(-c3ccc(-c4nc(-c5ccc6c(c5)sc5ccccc56)nc(-c5ccc6c(c5)sc5ccccc56)n4)cc3)cccc2c1. The number of nitrogens with zero attached hydrogens (tertiary/aromatic N) is 9. The van der Waals surface area contributed by atoms with Gasteiger partial charge < -0.3 is 8.83 Å². The van der Waals surface area contributed by atoms with E-state index in [4.69, 9.17) is 53.7 Å². The molecule has 7 aromatic heterocycles. The lowest BCUT2D eigenvalue weighted by atomic mass is 9.94. The maximum atomic E-state index is 6.39. The fourth-order valence-corrected chi connectivity index (χ4v) is 21.7. The fraction of sp³-hybridized carbons (Fsp3) is 0. The molecule has 0 aliphatic heterocycles.